The zero-order valence-corrected chi connectivity index (χ0v) is 14.9. The number of unbranched alkanes of at least 4 members (excludes halogenated alkanes) is 1. The van der Waals surface area contributed by atoms with Gasteiger partial charge in [0.15, 0.2) is 0 Å². The molecule has 0 bridgehead atoms. The van der Waals surface area contributed by atoms with Crippen LogP contribution >= 0.6 is 11.8 Å². The molecule has 25 heavy (non-hydrogen) atoms. The van der Waals surface area contributed by atoms with Gasteiger partial charge in [-0.15, -0.1) is 11.8 Å². The first kappa shape index (κ1) is 17.5. The summed E-state index contributed by atoms with van der Waals surface area (Å²) in [5.74, 6) is 0.684. The number of hydrogen-bond donors (Lipinski definition) is 1. The molecular formula is C18H21N3O3S. The van der Waals surface area contributed by atoms with Gasteiger partial charge in [-0.25, -0.2) is 4.98 Å². The molecule has 1 aliphatic rings. The minimum atomic E-state index is -0.364. The van der Waals surface area contributed by atoms with Crippen LogP contribution < -0.4 is 0 Å². The van der Waals surface area contributed by atoms with Crippen molar-refractivity contribution >= 4 is 23.6 Å². The number of ether oxygens (including phenoxy) is 1. The number of H-pyrrole nitrogens is 1. The second kappa shape index (κ2) is 8.20. The molecule has 1 N–H and O–H groups in total. The molecule has 0 radical (unpaired) electrons. The van der Waals surface area contributed by atoms with Crippen LogP contribution in [0.5, 0.6) is 0 Å². The Hall–Kier alpha value is -2.28. The number of nitrogens with one attached hydrogen (secondary N) is 1. The zero-order valence-electron chi connectivity index (χ0n) is 14.1. The highest BCUT2D eigenvalue weighted by molar-refractivity contribution is 8.00. The Morgan fingerprint density at radius 2 is 2.20 bits per heavy atom. The highest BCUT2D eigenvalue weighted by Gasteiger charge is 2.35. The Labute approximate surface area is 151 Å². The first-order valence-electron chi connectivity index (χ1n) is 8.36. The topological polar surface area (TPSA) is 75.3 Å². The van der Waals surface area contributed by atoms with Gasteiger partial charge in [0.1, 0.15) is 17.7 Å². The summed E-state index contributed by atoms with van der Waals surface area (Å²) in [7, 11) is 0. The predicted octanol–water partition coefficient (Wildman–Crippen LogP) is 2.99. The van der Waals surface area contributed by atoms with Crippen LogP contribution in [0.4, 0.5) is 0 Å². The van der Waals surface area contributed by atoms with Gasteiger partial charge in [0.25, 0.3) is 0 Å². The minimum Gasteiger partial charge on any atom is -0.464 e. The van der Waals surface area contributed by atoms with Crippen molar-refractivity contribution in [3.63, 3.8) is 0 Å². The summed E-state index contributed by atoms with van der Waals surface area (Å²) in [6.45, 7) is 2.41. The molecule has 2 aromatic rings. The lowest BCUT2D eigenvalue weighted by molar-refractivity contribution is -0.148. The third-order valence-corrected chi connectivity index (χ3v) is 5.18. The lowest BCUT2D eigenvalue weighted by Gasteiger charge is -2.21. The summed E-state index contributed by atoms with van der Waals surface area (Å²) in [6.07, 6.45) is 3.53. The van der Waals surface area contributed by atoms with E-state index in [1.165, 1.54) is 11.8 Å². The van der Waals surface area contributed by atoms with Crippen LogP contribution in [0.25, 0.3) is 11.4 Å². The number of amides is 1. The summed E-state index contributed by atoms with van der Waals surface area (Å²) >= 11 is 1.49. The van der Waals surface area contributed by atoms with Gasteiger partial charge in [0.2, 0.25) is 5.91 Å². The van der Waals surface area contributed by atoms with Crippen molar-refractivity contribution in [2.24, 2.45) is 0 Å². The van der Waals surface area contributed by atoms with Crippen molar-refractivity contribution in [1.29, 1.82) is 0 Å². The number of nitrogens with zero attached hydrogens (tertiary/aromatic N) is 2. The molecule has 0 spiro atoms. The van der Waals surface area contributed by atoms with Crippen LogP contribution in [-0.2, 0) is 14.3 Å². The van der Waals surface area contributed by atoms with E-state index >= 15 is 0 Å². The fourth-order valence-corrected chi connectivity index (χ4v) is 3.74. The maximum Gasteiger partial charge on any atom is 0.325 e. The lowest BCUT2D eigenvalue weighted by Crippen LogP contribution is -2.34. The van der Waals surface area contributed by atoms with E-state index in [0.717, 1.165) is 29.9 Å². The Morgan fingerprint density at radius 3 is 2.96 bits per heavy atom. The van der Waals surface area contributed by atoms with Crippen molar-refractivity contribution in [2.75, 3.05) is 18.9 Å². The number of esters is 1. The first-order valence-corrected chi connectivity index (χ1v) is 9.41. The summed E-state index contributed by atoms with van der Waals surface area (Å²) in [4.78, 5) is 33.4. The van der Waals surface area contributed by atoms with Crippen LogP contribution in [0.3, 0.4) is 0 Å². The highest BCUT2D eigenvalue weighted by Crippen LogP contribution is 2.38. The van der Waals surface area contributed by atoms with Crippen LogP contribution in [0.15, 0.2) is 36.5 Å². The number of benzene rings is 1. The molecule has 1 saturated heterocycles. The van der Waals surface area contributed by atoms with E-state index in [0.29, 0.717) is 12.4 Å². The van der Waals surface area contributed by atoms with Gasteiger partial charge in [-0.05, 0) is 6.42 Å². The molecule has 3 rings (SSSR count). The van der Waals surface area contributed by atoms with Crippen molar-refractivity contribution in [3.05, 3.63) is 42.2 Å². The highest BCUT2D eigenvalue weighted by atomic mass is 32.2. The molecule has 1 unspecified atom stereocenters. The van der Waals surface area contributed by atoms with E-state index in [1.807, 2.05) is 37.3 Å². The molecular weight excluding hydrogens is 338 g/mol. The number of carbonyl (C=O) groups excluding carboxylic acids is 2. The van der Waals surface area contributed by atoms with Gasteiger partial charge >= 0.3 is 5.97 Å². The third kappa shape index (κ3) is 4.22. The minimum absolute atomic E-state index is 0.0279. The Bertz CT molecular complexity index is 732. The molecule has 7 heteroatoms. The summed E-state index contributed by atoms with van der Waals surface area (Å²) in [5.41, 5.74) is 1.80. The largest absolute Gasteiger partial charge is 0.464 e. The molecule has 1 amide bonds. The fraction of sp³-hybridized carbons (Fsp3) is 0.389. The molecule has 1 fully saturated rings. The van der Waals surface area contributed by atoms with Gasteiger partial charge in [-0.1, -0.05) is 43.7 Å². The Kier molecular flexibility index (Phi) is 5.75. The second-order valence-corrected chi connectivity index (χ2v) is 6.88. The monoisotopic (exact) mass is 359 g/mol. The molecule has 132 valence electrons. The summed E-state index contributed by atoms with van der Waals surface area (Å²) in [6, 6.07) is 9.79. The lowest BCUT2D eigenvalue weighted by atomic mass is 10.2. The van der Waals surface area contributed by atoms with E-state index in [9.17, 15) is 9.59 Å². The van der Waals surface area contributed by atoms with E-state index in [-0.39, 0.29) is 23.8 Å². The number of rotatable bonds is 7. The average Bonchev–Trinajstić information content (AvgIpc) is 3.24. The van der Waals surface area contributed by atoms with Crippen LogP contribution in [0, 0.1) is 0 Å². The summed E-state index contributed by atoms with van der Waals surface area (Å²) in [5, 5.41) is -0.240. The van der Waals surface area contributed by atoms with Crippen LogP contribution in [-0.4, -0.2) is 45.6 Å². The molecule has 1 aliphatic heterocycles. The van der Waals surface area contributed by atoms with Crippen LogP contribution in [0.2, 0.25) is 0 Å². The Balaban J connectivity index is 1.69. The van der Waals surface area contributed by atoms with Crippen molar-refractivity contribution in [1.82, 2.24) is 14.9 Å². The smallest absolute Gasteiger partial charge is 0.325 e. The Morgan fingerprint density at radius 1 is 1.40 bits per heavy atom. The number of carbonyl (C=O) groups is 2. The van der Waals surface area contributed by atoms with E-state index in [4.69, 9.17) is 4.74 Å². The predicted molar refractivity (Wildman–Crippen MR) is 96.8 cm³/mol. The molecule has 1 aromatic heterocycles. The molecule has 0 saturated carbocycles. The van der Waals surface area contributed by atoms with E-state index < -0.39 is 0 Å². The number of imidazole rings is 1. The SMILES string of the molecule is CCCCOC(=O)CN1C(=O)CSC1c1cnc(-c2ccccc2)[nH]1. The first-order chi connectivity index (χ1) is 12.2. The molecule has 6 nitrogen and oxygen atoms in total. The van der Waals surface area contributed by atoms with Crippen molar-refractivity contribution in [3.8, 4) is 11.4 Å². The standard InChI is InChI=1S/C18H21N3O3S/c1-2-3-9-24-16(23)11-21-15(22)12-25-18(21)14-10-19-17(20-14)13-7-5-4-6-8-13/h4-8,10,18H,2-3,9,11-12H2,1H3,(H,19,20). The maximum absolute atomic E-state index is 12.2. The maximum atomic E-state index is 12.2. The molecule has 1 aromatic carbocycles. The quantitative estimate of drug-likeness (QED) is 0.607. The van der Waals surface area contributed by atoms with Crippen molar-refractivity contribution in [2.45, 2.75) is 25.1 Å². The molecule has 0 aliphatic carbocycles. The van der Waals surface area contributed by atoms with Gasteiger partial charge < -0.3 is 14.6 Å². The number of aromatic nitrogens is 2. The number of thioether (sulfide) groups is 1. The van der Waals surface area contributed by atoms with E-state index in [2.05, 4.69) is 9.97 Å². The van der Waals surface area contributed by atoms with Gasteiger partial charge in [0, 0.05) is 5.56 Å². The number of hydrogen-bond acceptors (Lipinski definition) is 5. The molecule has 2 heterocycles. The number of aromatic amines is 1. The van der Waals surface area contributed by atoms with Gasteiger partial charge in [-0.2, -0.15) is 0 Å². The fourth-order valence-electron chi connectivity index (χ4n) is 2.60. The van der Waals surface area contributed by atoms with Gasteiger partial charge in [0.05, 0.1) is 24.3 Å². The molecule has 1 atom stereocenters. The summed E-state index contributed by atoms with van der Waals surface area (Å²) < 4.78 is 5.18. The van der Waals surface area contributed by atoms with E-state index in [1.54, 1.807) is 11.1 Å². The zero-order chi connectivity index (χ0) is 17.6. The normalized spacial score (nSPS) is 17.1. The van der Waals surface area contributed by atoms with Crippen molar-refractivity contribution < 1.29 is 14.3 Å². The van der Waals surface area contributed by atoms with Gasteiger partial charge in [-0.3, -0.25) is 9.59 Å². The third-order valence-electron chi connectivity index (χ3n) is 3.94. The van der Waals surface area contributed by atoms with Crippen LogP contribution in [0.1, 0.15) is 30.8 Å². The average molecular weight is 359 g/mol. The second-order valence-electron chi connectivity index (χ2n) is 5.81.